The van der Waals surface area contributed by atoms with Crippen LogP contribution >= 0.6 is 0 Å². The summed E-state index contributed by atoms with van der Waals surface area (Å²) in [5.41, 5.74) is 0.275. The molecule has 35 heavy (non-hydrogen) atoms. The molecule has 3 fully saturated rings. The van der Waals surface area contributed by atoms with Crippen LogP contribution in [0.25, 0.3) is 0 Å². The zero-order valence-electron chi connectivity index (χ0n) is 23.3. The van der Waals surface area contributed by atoms with Crippen LogP contribution in [0.4, 0.5) is 0 Å². The predicted molar refractivity (Wildman–Crippen MR) is 139 cm³/mol. The second kappa shape index (κ2) is 12.4. The topological polar surface area (TPSA) is 72.8 Å². The van der Waals surface area contributed by atoms with Gasteiger partial charge in [0.2, 0.25) is 0 Å². The van der Waals surface area contributed by atoms with E-state index < -0.39 is 0 Å². The van der Waals surface area contributed by atoms with Crippen LogP contribution in [0.3, 0.4) is 0 Å². The minimum absolute atomic E-state index is 0.0318. The average Bonchev–Trinajstić information content (AvgIpc) is 3.15. The molecule has 0 aromatic carbocycles. The van der Waals surface area contributed by atoms with Gasteiger partial charge in [-0.05, 0) is 112 Å². The number of fused-ring (bicyclic) bond motifs is 3. The summed E-state index contributed by atoms with van der Waals surface area (Å²) < 4.78 is 12.0. The van der Waals surface area contributed by atoms with Crippen molar-refractivity contribution in [3.63, 3.8) is 0 Å². The number of rotatable bonds is 7. The molecular weight excluding hydrogens is 440 g/mol. The third kappa shape index (κ3) is 6.43. The quantitative estimate of drug-likeness (QED) is 0.408. The van der Waals surface area contributed by atoms with Crippen molar-refractivity contribution < 1.29 is 24.2 Å². The summed E-state index contributed by atoms with van der Waals surface area (Å²) >= 11 is 0. The number of esters is 2. The fourth-order valence-electron chi connectivity index (χ4n) is 8.79. The SMILES string of the molecule is CC[C@@H]1CC[C@H](OC(C)=O)CCC(C)[C@H]2CCC3(C)C([C@H](C)CCCO)CC[C@H]3[C@@H]2[C@@H]1OC(C)=O. The summed E-state index contributed by atoms with van der Waals surface area (Å²) in [6.07, 6.45) is 11.6. The molecule has 0 aromatic rings. The second-order valence-corrected chi connectivity index (χ2v) is 12.5. The van der Waals surface area contributed by atoms with Gasteiger partial charge in [0, 0.05) is 26.4 Å². The monoisotopic (exact) mass is 492 g/mol. The molecule has 3 saturated carbocycles. The number of carbonyl (C=O) groups excluding carboxylic acids is 2. The van der Waals surface area contributed by atoms with Crippen LogP contribution in [0.2, 0.25) is 0 Å². The summed E-state index contributed by atoms with van der Waals surface area (Å²) in [5.74, 6) is 3.26. The maximum Gasteiger partial charge on any atom is 0.302 e. The number of hydrogen-bond acceptors (Lipinski definition) is 5. The van der Waals surface area contributed by atoms with E-state index in [1.807, 2.05) is 0 Å². The number of aliphatic hydroxyl groups is 1. The van der Waals surface area contributed by atoms with E-state index in [4.69, 9.17) is 9.47 Å². The number of carbonyl (C=O) groups is 2. The molecule has 10 atom stereocenters. The number of hydrogen-bond donors (Lipinski definition) is 1. The summed E-state index contributed by atoms with van der Waals surface area (Å²) in [6, 6.07) is 0. The van der Waals surface area contributed by atoms with Crippen LogP contribution in [0.1, 0.15) is 112 Å². The van der Waals surface area contributed by atoms with E-state index in [0.29, 0.717) is 41.4 Å². The van der Waals surface area contributed by atoms with E-state index in [1.54, 1.807) is 6.92 Å². The molecule has 3 unspecified atom stereocenters. The Bertz CT molecular complexity index is 707. The minimum atomic E-state index is -0.192. The van der Waals surface area contributed by atoms with E-state index in [9.17, 15) is 14.7 Å². The van der Waals surface area contributed by atoms with E-state index in [-0.39, 0.29) is 36.2 Å². The van der Waals surface area contributed by atoms with Gasteiger partial charge in [-0.15, -0.1) is 0 Å². The maximum absolute atomic E-state index is 12.4. The first kappa shape index (κ1) is 28.5. The van der Waals surface area contributed by atoms with Crippen molar-refractivity contribution in [3.8, 4) is 0 Å². The molecule has 0 saturated heterocycles. The van der Waals surface area contributed by atoms with Crippen LogP contribution in [-0.2, 0) is 19.1 Å². The molecule has 3 rings (SSSR count). The molecule has 5 heteroatoms. The molecule has 0 radical (unpaired) electrons. The molecular formula is C30H52O5. The van der Waals surface area contributed by atoms with E-state index >= 15 is 0 Å². The van der Waals surface area contributed by atoms with Gasteiger partial charge in [-0.2, -0.15) is 0 Å². The molecule has 0 amide bonds. The minimum Gasteiger partial charge on any atom is -0.463 e. The Kier molecular flexibility index (Phi) is 10.1. The smallest absolute Gasteiger partial charge is 0.302 e. The zero-order chi connectivity index (χ0) is 25.8. The van der Waals surface area contributed by atoms with Gasteiger partial charge < -0.3 is 14.6 Å². The normalized spacial score (nSPS) is 40.8. The lowest BCUT2D eigenvalue weighted by molar-refractivity contribution is -0.166. The standard InChI is InChI=1S/C30H52O5/c1-7-23-11-13-24(34-21(4)32)12-10-19(2)25-16-17-30(6)26(20(3)9-8-18-31)14-15-27(30)28(25)29(23)35-22(5)33/h19-20,23-29,31H,7-18H2,1-6H3/t19?,20-,23-,24-,25-,26?,27+,28-,29-,30?/m1/s1. The molecule has 5 nitrogen and oxygen atoms in total. The van der Waals surface area contributed by atoms with Crippen molar-refractivity contribution in [3.05, 3.63) is 0 Å². The summed E-state index contributed by atoms with van der Waals surface area (Å²) in [5, 5.41) is 9.41. The Morgan fingerprint density at radius 3 is 2.31 bits per heavy atom. The van der Waals surface area contributed by atoms with Crippen molar-refractivity contribution >= 4 is 11.9 Å². The highest BCUT2D eigenvalue weighted by atomic mass is 16.5. The van der Waals surface area contributed by atoms with Crippen molar-refractivity contribution in [1.29, 1.82) is 0 Å². The van der Waals surface area contributed by atoms with Gasteiger partial charge in [0.05, 0.1) is 0 Å². The average molecular weight is 493 g/mol. The first-order valence-corrected chi connectivity index (χ1v) is 14.6. The predicted octanol–water partition coefficient (Wildman–Crippen LogP) is 6.55. The van der Waals surface area contributed by atoms with Gasteiger partial charge in [-0.25, -0.2) is 0 Å². The lowest BCUT2D eigenvalue weighted by Crippen LogP contribution is -2.51. The molecule has 0 aromatic heterocycles. The Morgan fingerprint density at radius 1 is 1.00 bits per heavy atom. The summed E-state index contributed by atoms with van der Waals surface area (Å²) in [6.45, 7) is 12.9. The van der Waals surface area contributed by atoms with Gasteiger partial charge >= 0.3 is 11.9 Å². The number of ether oxygens (including phenoxy) is 2. The molecule has 202 valence electrons. The first-order valence-electron chi connectivity index (χ1n) is 14.6. The van der Waals surface area contributed by atoms with Crippen LogP contribution in [-0.4, -0.2) is 35.9 Å². The third-order valence-electron chi connectivity index (χ3n) is 10.5. The number of aliphatic hydroxyl groups excluding tert-OH is 1. The van der Waals surface area contributed by atoms with Gasteiger partial charge in [0.1, 0.15) is 12.2 Å². The largest absolute Gasteiger partial charge is 0.463 e. The van der Waals surface area contributed by atoms with Crippen molar-refractivity contribution in [2.45, 2.75) is 124 Å². The van der Waals surface area contributed by atoms with Crippen molar-refractivity contribution in [2.75, 3.05) is 6.61 Å². The first-order chi connectivity index (χ1) is 16.6. The third-order valence-corrected chi connectivity index (χ3v) is 10.5. The Hall–Kier alpha value is -1.10. The Morgan fingerprint density at radius 2 is 1.69 bits per heavy atom. The zero-order valence-corrected chi connectivity index (χ0v) is 23.3. The molecule has 0 spiro atoms. The van der Waals surface area contributed by atoms with Crippen LogP contribution < -0.4 is 0 Å². The van der Waals surface area contributed by atoms with Crippen molar-refractivity contribution in [2.24, 2.45) is 46.8 Å². The molecule has 3 aliphatic carbocycles. The Balaban J connectivity index is 1.95. The molecule has 0 heterocycles. The van der Waals surface area contributed by atoms with Gasteiger partial charge in [0.15, 0.2) is 0 Å². The van der Waals surface area contributed by atoms with Crippen LogP contribution in [0, 0.1) is 46.8 Å². The van der Waals surface area contributed by atoms with Crippen LogP contribution in [0.5, 0.6) is 0 Å². The van der Waals surface area contributed by atoms with E-state index in [1.165, 1.54) is 32.6 Å². The lowest BCUT2D eigenvalue weighted by atomic mass is 9.52. The Labute approximate surface area is 214 Å². The van der Waals surface area contributed by atoms with Gasteiger partial charge in [-0.1, -0.05) is 27.7 Å². The maximum atomic E-state index is 12.4. The van der Waals surface area contributed by atoms with Crippen molar-refractivity contribution in [1.82, 2.24) is 0 Å². The van der Waals surface area contributed by atoms with Gasteiger partial charge in [0.25, 0.3) is 0 Å². The molecule has 1 N–H and O–H groups in total. The van der Waals surface area contributed by atoms with E-state index in [0.717, 1.165) is 44.9 Å². The van der Waals surface area contributed by atoms with E-state index in [2.05, 4.69) is 27.7 Å². The summed E-state index contributed by atoms with van der Waals surface area (Å²) in [7, 11) is 0. The fourth-order valence-corrected chi connectivity index (χ4v) is 8.79. The highest BCUT2D eigenvalue weighted by Gasteiger charge is 2.58. The molecule has 3 aliphatic rings. The van der Waals surface area contributed by atoms with Crippen LogP contribution in [0.15, 0.2) is 0 Å². The van der Waals surface area contributed by atoms with Gasteiger partial charge in [-0.3, -0.25) is 9.59 Å². The summed E-state index contributed by atoms with van der Waals surface area (Å²) in [4.78, 5) is 24.2. The second-order valence-electron chi connectivity index (χ2n) is 12.5. The highest BCUT2D eigenvalue weighted by Crippen LogP contribution is 2.64. The lowest BCUT2D eigenvalue weighted by Gasteiger charge is -2.54. The molecule has 0 aliphatic heterocycles. The highest BCUT2D eigenvalue weighted by molar-refractivity contribution is 5.66. The fraction of sp³-hybridized carbons (Fsp3) is 0.933. The molecule has 0 bridgehead atoms.